The molecule has 0 unspecified atom stereocenters. The summed E-state index contributed by atoms with van der Waals surface area (Å²) in [5, 5.41) is 0. The SMILES string of the molecule is CN(Cc1ccc(F)cc1Br)c1ncccc1C(=O)N1CCCCC1. The van der Waals surface area contributed by atoms with Crippen molar-refractivity contribution in [2.45, 2.75) is 25.8 Å². The highest BCUT2D eigenvalue weighted by Crippen LogP contribution is 2.24. The normalized spacial score (nSPS) is 14.4. The molecule has 6 heteroatoms. The van der Waals surface area contributed by atoms with Crippen LogP contribution in [0.3, 0.4) is 0 Å². The number of carbonyl (C=O) groups excluding carboxylic acids is 1. The molecule has 0 N–H and O–H groups in total. The first-order valence-electron chi connectivity index (χ1n) is 8.45. The predicted molar refractivity (Wildman–Crippen MR) is 100 cm³/mol. The molecule has 0 aliphatic carbocycles. The minimum atomic E-state index is -0.280. The summed E-state index contributed by atoms with van der Waals surface area (Å²) in [6, 6.07) is 8.25. The van der Waals surface area contributed by atoms with Gasteiger partial charge in [-0.2, -0.15) is 0 Å². The molecule has 3 rings (SSSR count). The van der Waals surface area contributed by atoms with Gasteiger partial charge in [0.05, 0.1) is 5.56 Å². The molecule has 0 spiro atoms. The highest BCUT2D eigenvalue weighted by Gasteiger charge is 2.23. The summed E-state index contributed by atoms with van der Waals surface area (Å²) in [4.78, 5) is 21.2. The zero-order chi connectivity index (χ0) is 17.8. The maximum Gasteiger partial charge on any atom is 0.257 e. The third-order valence-corrected chi connectivity index (χ3v) is 5.18. The number of benzene rings is 1. The first-order chi connectivity index (χ1) is 12.1. The van der Waals surface area contributed by atoms with Crippen molar-refractivity contribution >= 4 is 27.7 Å². The molecule has 1 aliphatic rings. The van der Waals surface area contributed by atoms with Crippen LogP contribution < -0.4 is 4.90 Å². The molecular formula is C19H21BrFN3O. The number of carbonyl (C=O) groups is 1. The quantitative estimate of drug-likeness (QED) is 0.762. The number of likely N-dealkylation sites (tertiary alicyclic amines) is 1. The van der Waals surface area contributed by atoms with Gasteiger partial charge in [0.2, 0.25) is 0 Å². The monoisotopic (exact) mass is 405 g/mol. The van der Waals surface area contributed by atoms with Crippen molar-refractivity contribution in [3.8, 4) is 0 Å². The van der Waals surface area contributed by atoms with Gasteiger partial charge in [0.1, 0.15) is 11.6 Å². The minimum Gasteiger partial charge on any atom is -0.355 e. The largest absolute Gasteiger partial charge is 0.355 e. The summed E-state index contributed by atoms with van der Waals surface area (Å²) >= 11 is 3.40. The zero-order valence-electron chi connectivity index (χ0n) is 14.2. The average Bonchev–Trinajstić information content (AvgIpc) is 2.64. The number of pyridine rings is 1. The Hall–Kier alpha value is -1.95. The second-order valence-corrected chi connectivity index (χ2v) is 7.17. The van der Waals surface area contributed by atoms with Crippen LogP contribution in [0, 0.1) is 5.82 Å². The average molecular weight is 406 g/mol. The molecule has 132 valence electrons. The van der Waals surface area contributed by atoms with Crippen LogP contribution in [0.2, 0.25) is 0 Å². The second-order valence-electron chi connectivity index (χ2n) is 6.32. The van der Waals surface area contributed by atoms with Crippen molar-refractivity contribution < 1.29 is 9.18 Å². The Balaban J connectivity index is 1.83. The van der Waals surface area contributed by atoms with Crippen LogP contribution in [0.4, 0.5) is 10.2 Å². The Morgan fingerprint density at radius 1 is 1.28 bits per heavy atom. The Bertz CT molecular complexity index is 762. The molecule has 0 atom stereocenters. The van der Waals surface area contributed by atoms with Crippen LogP contribution in [0.15, 0.2) is 41.0 Å². The number of halogens is 2. The summed E-state index contributed by atoms with van der Waals surface area (Å²) in [5.74, 6) is 0.402. The van der Waals surface area contributed by atoms with Crippen molar-refractivity contribution in [3.05, 3.63) is 57.9 Å². The van der Waals surface area contributed by atoms with Gasteiger partial charge in [-0.05, 0) is 49.1 Å². The van der Waals surface area contributed by atoms with Crippen molar-refractivity contribution in [1.82, 2.24) is 9.88 Å². The van der Waals surface area contributed by atoms with Gasteiger partial charge in [0.15, 0.2) is 0 Å². The first kappa shape index (κ1) is 17.9. The van der Waals surface area contributed by atoms with Crippen LogP contribution in [0.25, 0.3) is 0 Å². The lowest BCUT2D eigenvalue weighted by Crippen LogP contribution is -2.36. The predicted octanol–water partition coefficient (Wildman–Crippen LogP) is 4.25. The minimum absolute atomic E-state index is 0.0350. The van der Waals surface area contributed by atoms with Crippen LogP contribution in [0.1, 0.15) is 35.2 Å². The molecule has 1 aromatic carbocycles. The van der Waals surface area contributed by atoms with Crippen LogP contribution in [-0.4, -0.2) is 35.9 Å². The number of hydrogen-bond donors (Lipinski definition) is 0. The fourth-order valence-corrected chi connectivity index (χ4v) is 3.59. The Labute approximate surface area is 155 Å². The van der Waals surface area contributed by atoms with Crippen LogP contribution >= 0.6 is 15.9 Å². The van der Waals surface area contributed by atoms with Crippen molar-refractivity contribution in [2.24, 2.45) is 0 Å². The molecule has 0 saturated carbocycles. The van der Waals surface area contributed by atoms with Gasteiger partial charge >= 0.3 is 0 Å². The third kappa shape index (κ3) is 4.18. The molecular weight excluding hydrogens is 385 g/mol. The standard InChI is InChI=1S/C19H21BrFN3O/c1-23(13-14-7-8-15(21)12-17(14)20)18-16(6-5-9-22-18)19(25)24-10-3-2-4-11-24/h5-9,12H,2-4,10-11,13H2,1H3. The van der Waals surface area contributed by atoms with E-state index in [1.807, 2.05) is 22.9 Å². The number of amides is 1. The molecule has 25 heavy (non-hydrogen) atoms. The number of aromatic nitrogens is 1. The molecule has 2 heterocycles. The number of nitrogens with zero attached hydrogens (tertiary/aromatic N) is 3. The Morgan fingerprint density at radius 3 is 2.76 bits per heavy atom. The van der Waals surface area contributed by atoms with Crippen molar-refractivity contribution in [3.63, 3.8) is 0 Å². The Morgan fingerprint density at radius 2 is 2.04 bits per heavy atom. The maximum atomic E-state index is 13.3. The van der Waals surface area contributed by atoms with Gasteiger partial charge in [-0.25, -0.2) is 9.37 Å². The fourth-order valence-electron chi connectivity index (χ4n) is 3.12. The number of piperidine rings is 1. The van der Waals surface area contributed by atoms with E-state index < -0.39 is 0 Å². The molecule has 1 fully saturated rings. The number of anilines is 1. The lowest BCUT2D eigenvalue weighted by atomic mass is 10.1. The molecule has 0 radical (unpaired) electrons. The van der Waals surface area contributed by atoms with Crippen LogP contribution in [-0.2, 0) is 6.54 Å². The highest BCUT2D eigenvalue weighted by atomic mass is 79.9. The molecule has 4 nitrogen and oxygen atoms in total. The molecule has 1 amide bonds. The summed E-state index contributed by atoms with van der Waals surface area (Å²) < 4.78 is 14.0. The van der Waals surface area contributed by atoms with Crippen LogP contribution in [0.5, 0.6) is 0 Å². The van der Waals surface area contributed by atoms with E-state index in [0.717, 1.165) is 31.5 Å². The summed E-state index contributed by atoms with van der Waals surface area (Å²) in [6.45, 7) is 2.14. The molecule has 2 aromatic rings. The number of rotatable bonds is 4. The van der Waals surface area contributed by atoms with E-state index in [4.69, 9.17) is 0 Å². The molecule has 1 saturated heterocycles. The smallest absolute Gasteiger partial charge is 0.257 e. The molecule has 0 bridgehead atoms. The summed E-state index contributed by atoms with van der Waals surface area (Å²) in [5.41, 5.74) is 1.55. The van der Waals surface area contributed by atoms with Gasteiger partial charge in [0.25, 0.3) is 5.91 Å². The lowest BCUT2D eigenvalue weighted by molar-refractivity contribution is 0.0724. The van der Waals surface area contributed by atoms with Gasteiger partial charge in [-0.3, -0.25) is 4.79 Å². The number of hydrogen-bond acceptors (Lipinski definition) is 3. The Kier molecular flexibility index (Phi) is 5.68. The summed E-state index contributed by atoms with van der Waals surface area (Å²) in [6.07, 6.45) is 4.99. The maximum absolute atomic E-state index is 13.3. The van der Waals surface area contributed by atoms with E-state index in [1.54, 1.807) is 18.3 Å². The van der Waals surface area contributed by atoms with Gasteiger partial charge in [-0.15, -0.1) is 0 Å². The van der Waals surface area contributed by atoms with E-state index in [-0.39, 0.29) is 11.7 Å². The van der Waals surface area contributed by atoms with Gasteiger partial charge < -0.3 is 9.80 Å². The fraction of sp³-hybridized carbons (Fsp3) is 0.368. The van der Waals surface area contributed by atoms with Gasteiger partial charge in [0, 0.05) is 37.4 Å². The first-order valence-corrected chi connectivity index (χ1v) is 9.25. The van der Waals surface area contributed by atoms with E-state index in [0.29, 0.717) is 22.4 Å². The van der Waals surface area contributed by atoms with E-state index >= 15 is 0 Å². The van der Waals surface area contributed by atoms with E-state index in [2.05, 4.69) is 20.9 Å². The van der Waals surface area contributed by atoms with E-state index in [1.165, 1.54) is 18.6 Å². The topological polar surface area (TPSA) is 36.4 Å². The van der Waals surface area contributed by atoms with Crippen molar-refractivity contribution in [1.29, 1.82) is 0 Å². The lowest BCUT2D eigenvalue weighted by Gasteiger charge is -2.28. The third-order valence-electron chi connectivity index (χ3n) is 4.44. The molecule has 1 aliphatic heterocycles. The van der Waals surface area contributed by atoms with Gasteiger partial charge in [-0.1, -0.05) is 22.0 Å². The van der Waals surface area contributed by atoms with Crippen molar-refractivity contribution in [2.75, 3.05) is 25.0 Å². The highest BCUT2D eigenvalue weighted by molar-refractivity contribution is 9.10. The molecule has 1 aromatic heterocycles. The summed E-state index contributed by atoms with van der Waals surface area (Å²) in [7, 11) is 1.89. The zero-order valence-corrected chi connectivity index (χ0v) is 15.8. The second kappa shape index (κ2) is 7.95. The van der Waals surface area contributed by atoms with E-state index in [9.17, 15) is 9.18 Å².